The minimum atomic E-state index is -0.716. The lowest BCUT2D eigenvalue weighted by Crippen LogP contribution is -2.39. The largest absolute Gasteiger partial charge is 0.487 e. The molecule has 2 rings (SSSR count). The van der Waals surface area contributed by atoms with E-state index in [0.717, 1.165) is 10.7 Å². The number of ether oxygens (including phenoxy) is 2. The zero-order valence-electron chi connectivity index (χ0n) is 13.7. The molecule has 0 aliphatic carbocycles. The number of amides is 3. The second kappa shape index (κ2) is 8.78. The molecule has 1 heterocycles. The van der Waals surface area contributed by atoms with Crippen LogP contribution in [-0.2, 0) is 16.1 Å². The molecule has 25 heavy (non-hydrogen) atoms. The predicted octanol–water partition coefficient (Wildman–Crippen LogP) is 1.64. The van der Waals surface area contributed by atoms with Gasteiger partial charge in [-0.2, -0.15) is 0 Å². The van der Waals surface area contributed by atoms with Crippen LogP contribution in [0.1, 0.15) is 21.1 Å². The molecule has 9 heteroatoms. The highest BCUT2D eigenvalue weighted by molar-refractivity contribution is 7.09. The van der Waals surface area contributed by atoms with E-state index in [2.05, 4.69) is 10.3 Å². The number of benzene rings is 1. The number of imide groups is 1. The number of esters is 1. The van der Waals surface area contributed by atoms with Crippen LogP contribution in [0.2, 0.25) is 0 Å². The van der Waals surface area contributed by atoms with Crippen molar-refractivity contribution in [1.82, 2.24) is 15.6 Å². The lowest BCUT2D eigenvalue weighted by Gasteiger charge is -2.07. The smallest absolute Gasteiger partial charge is 0.338 e. The Labute approximate surface area is 148 Å². The monoisotopic (exact) mass is 363 g/mol. The Morgan fingerprint density at radius 3 is 2.52 bits per heavy atom. The van der Waals surface area contributed by atoms with Crippen LogP contribution in [0.15, 0.2) is 29.6 Å². The summed E-state index contributed by atoms with van der Waals surface area (Å²) in [4.78, 5) is 38.4. The van der Waals surface area contributed by atoms with E-state index in [1.54, 1.807) is 23.5 Å². The normalized spacial score (nSPS) is 10.0. The molecule has 0 spiro atoms. The van der Waals surface area contributed by atoms with Crippen molar-refractivity contribution in [2.45, 2.75) is 13.5 Å². The number of carbonyl (C=O) groups is 3. The van der Waals surface area contributed by atoms with E-state index in [4.69, 9.17) is 9.47 Å². The summed E-state index contributed by atoms with van der Waals surface area (Å²) in [6, 6.07) is 5.64. The van der Waals surface area contributed by atoms with Gasteiger partial charge in [0.1, 0.15) is 12.4 Å². The number of thiazole rings is 1. The number of aryl methyl sites for hydroxylation is 1. The summed E-state index contributed by atoms with van der Waals surface area (Å²) < 4.78 is 10.4. The highest BCUT2D eigenvalue weighted by Crippen LogP contribution is 2.16. The van der Waals surface area contributed by atoms with Crippen LogP contribution in [0.4, 0.5) is 4.79 Å². The van der Waals surface area contributed by atoms with Crippen molar-refractivity contribution in [3.8, 4) is 5.75 Å². The molecule has 0 unspecified atom stereocenters. The van der Waals surface area contributed by atoms with Gasteiger partial charge in [-0.1, -0.05) is 0 Å². The topological polar surface area (TPSA) is 107 Å². The van der Waals surface area contributed by atoms with Crippen molar-refractivity contribution in [2.24, 2.45) is 0 Å². The second-order valence-corrected chi connectivity index (χ2v) is 5.94. The fraction of sp³-hybridized carbons (Fsp3) is 0.250. The van der Waals surface area contributed by atoms with Gasteiger partial charge in [-0.3, -0.25) is 10.1 Å². The number of rotatable bonds is 6. The van der Waals surface area contributed by atoms with E-state index >= 15 is 0 Å². The van der Waals surface area contributed by atoms with Gasteiger partial charge in [0, 0.05) is 12.4 Å². The summed E-state index contributed by atoms with van der Waals surface area (Å²) in [5.74, 6) is -0.806. The van der Waals surface area contributed by atoms with Gasteiger partial charge in [-0.15, -0.1) is 11.3 Å². The van der Waals surface area contributed by atoms with E-state index in [-0.39, 0.29) is 5.56 Å². The number of carbonyl (C=O) groups excluding carboxylic acids is 3. The van der Waals surface area contributed by atoms with Gasteiger partial charge in [-0.05, 0) is 31.2 Å². The van der Waals surface area contributed by atoms with Gasteiger partial charge in [-0.25, -0.2) is 14.6 Å². The number of urea groups is 1. The van der Waals surface area contributed by atoms with Crippen LogP contribution in [0, 0.1) is 6.92 Å². The summed E-state index contributed by atoms with van der Waals surface area (Å²) in [6.45, 7) is 1.71. The quantitative estimate of drug-likeness (QED) is 0.756. The second-order valence-electron chi connectivity index (χ2n) is 4.87. The highest BCUT2D eigenvalue weighted by Gasteiger charge is 2.12. The van der Waals surface area contributed by atoms with Crippen molar-refractivity contribution in [3.05, 3.63) is 45.9 Å². The first-order chi connectivity index (χ1) is 12.0. The minimum Gasteiger partial charge on any atom is -0.487 e. The molecular formula is C16H17N3O5S. The predicted molar refractivity (Wildman–Crippen MR) is 90.5 cm³/mol. The first-order valence-corrected chi connectivity index (χ1v) is 8.18. The SMILES string of the molecule is CNC(=O)NC(=O)COC(=O)c1ccc(OCc2csc(C)n2)cc1. The molecule has 0 radical (unpaired) electrons. The van der Waals surface area contributed by atoms with Crippen LogP contribution in [0.3, 0.4) is 0 Å². The standard InChI is InChI=1S/C16H17N3O5S/c1-10-18-12(9-25-10)7-23-13-5-3-11(4-6-13)15(21)24-8-14(20)19-16(22)17-2/h3-6,9H,7-8H2,1-2H3,(H2,17,19,20,22). The fourth-order valence-corrected chi connectivity index (χ4v) is 2.36. The summed E-state index contributed by atoms with van der Waals surface area (Å²) in [6.07, 6.45) is 0. The van der Waals surface area contributed by atoms with Crippen LogP contribution < -0.4 is 15.4 Å². The molecule has 3 amide bonds. The molecule has 0 saturated carbocycles. The van der Waals surface area contributed by atoms with Gasteiger partial charge in [0.2, 0.25) is 0 Å². The summed E-state index contributed by atoms with van der Waals surface area (Å²) in [7, 11) is 1.37. The molecule has 2 aromatic rings. The zero-order valence-corrected chi connectivity index (χ0v) is 14.5. The van der Waals surface area contributed by atoms with E-state index in [1.807, 2.05) is 17.6 Å². The third-order valence-corrected chi connectivity index (χ3v) is 3.78. The lowest BCUT2D eigenvalue weighted by atomic mass is 10.2. The minimum absolute atomic E-state index is 0.268. The maximum Gasteiger partial charge on any atom is 0.338 e. The molecular weight excluding hydrogens is 346 g/mol. The molecule has 2 N–H and O–H groups in total. The molecule has 0 aliphatic heterocycles. The van der Waals surface area contributed by atoms with Gasteiger partial charge in [0.25, 0.3) is 5.91 Å². The molecule has 0 saturated heterocycles. The van der Waals surface area contributed by atoms with Gasteiger partial charge < -0.3 is 14.8 Å². The summed E-state index contributed by atoms with van der Waals surface area (Å²) in [5.41, 5.74) is 1.11. The van der Waals surface area contributed by atoms with Crippen LogP contribution in [-0.4, -0.2) is 36.5 Å². The van der Waals surface area contributed by atoms with Crippen molar-refractivity contribution in [3.63, 3.8) is 0 Å². The van der Waals surface area contributed by atoms with Crippen molar-refractivity contribution < 1.29 is 23.9 Å². The van der Waals surface area contributed by atoms with Crippen molar-refractivity contribution in [1.29, 1.82) is 0 Å². The number of hydrogen-bond acceptors (Lipinski definition) is 7. The van der Waals surface area contributed by atoms with Crippen molar-refractivity contribution in [2.75, 3.05) is 13.7 Å². The molecule has 8 nitrogen and oxygen atoms in total. The van der Waals surface area contributed by atoms with E-state index < -0.39 is 24.5 Å². The highest BCUT2D eigenvalue weighted by atomic mass is 32.1. The maximum absolute atomic E-state index is 11.8. The first kappa shape index (κ1) is 18.4. The molecule has 0 atom stereocenters. The molecule has 0 bridgehead atoms. The Morgan fingerprint density at radius 1 is 1.20 bits per heavy atom. The number of nitrogens with zero attached hydrogens (tertiary/aromatic N) is 1. The fourth-order valence-electron chi connectivity index (χ4n) is 1.76. The van der Waals surface area contributed by atoms with Gasteiger partial charge in [0.05, 0.1) is 16.3 Å². The summed E-state index contributed by atoms with van der Waals surface area (Å²) in [5, 5.41) is 7.10. The third kappa shape index (κ3) is 5.88. The molecule has 1 aromatic heterocycles. The number of nitrogens with one attached hydrogen (secondary N) is 2. The average Bonchev–Trinajstić information content (AvgIpc) is 3.03. The number of hydrogen-bond donors (Lipinski definition) is 2. The average molecular weight is 363 g/mol. The Kier molecular flexibility index (Phi) is 6.47. The molecule has 132 valence electrons. The van der Waals surface area contributed by atoms with Crippen LogP contribution in [0.5, 0.6) is 5.75 Å². The Bertz CT molecular complexity index is 757. The van der Waals surface area contributed by atoms with E-state index in [9.17, 15) is 14.4 Å². The molecule has 0 aliphatic rings. The lowest BCUT2D eigenvalue weighted by molar-refractivity contribution is -0.123. The van der Waals surface area contributed by atoms with Gasteiger partial charge in [0.15, 0.2) is 6.61 Å². The van der Waals surface area contributed by atoms with Crippen molar-refractivity contribution >= 4 is 29.2 Å². The Hall–Kier alpha value is -2.94. The Morgan fingerprint density at radius 2 is 1.92 bits per heavy atom. The number of aromatic nitrogens is 1. The molecule has 1 aromatic carbocycles. The van der Waals surface area contributed by atoms with Crippen LogP contribution >= 0.6 is 11.3 Å². The Balaban J connectivity index is 1.81. The van der Waals surface area contributed by atoms with E-state index in [0.29, 0.717) is 12.4 Å². The third-order valence-electron chi connectivity index (χ3n) is 2.96. The maximum atomic E-state index is 11.8. The zero-order chi connectivity index (χ0) is 18.2. The van der Waals surface area contributed by atoms with Gasteiger partial charge >= 0.3 is 12.0 Å². The van der Waals surface area contributed by atoms with E-state index in [1.165, 1.54) is 19.2 Å². The molecule has 0 fully saturated rings. The first-order valence-electron chi connectivity index (χ1n) is 7.30. The summed E-state index contributed by atoms with van der Waals surface area (Å²) >= 11 is 1.55. The van der Waals surface area contributed by atoms with Crippen LogP contribution in [0.25, 0.3) is 0 Å².